The highest BCUT2D eigenvalue weighted by molar-refractivity contribution is 7.17. The van der Waals surface area contributed by atoms with Gasteiger partial charge in [-0.2, -0.15) is 0 Å². The molecule has 1 aliphatic heterocycles. The van der Waals surface area contributed by atoms with E-state index >= 15 is 0 Å². The van der Waals surface area contributed by atoms with Crippen LogP contribution in [0.3, 0.4) is 0 Å². The van der Waals surface area contributed by atoms with Gasteiger partial charge in [-0.3, -0.25) is 14.1 Å². The van der Waals surface area contributed by atoms with E-state index in [4.69, 9.17) is 4.98 Å². The molecule has 0 unspecified atom stereocenters. The fourth-order valence-corrected chi connectivity index (χ4v) is 4.85. The molecule has 0 atom stereocenters. The first kappa shape index (κ1) is 16.4. The van der Waals surface area contributed by atoms with E-state index in [9.17, 15) is 4.79 Å². The van der Waals surface area contributed by atoms with Crippen molar-refractivity contribution in [2.75, 3.05) is 13.1 Å². The Hall–Kier alpha value is -2.76. The molecular formula is C22H19N3OS. The van der Waals surface area contributed by atoms with E-state index in [1.807, 2.05) is 48.5 Å². The van der Waals surface area contributed by atoms with Gasteiger partial charge in [0.15, 0.2) is 10.7 Å². The van der Waals surface area contributed by atoms with Crippen molar-refractivity contribution >= 4 is 22.1 Å². The Morgan fingerprint density at radius 3 is 2.56 bits per heavy atom. The standard InChI is InChI=1S/C22H19N3OS/c26-20(17-9-5-2-6-10-17)14-24-12-11-19-21(15-24)27-22-23-18(13-25(19)22)16-7-3-1-4-8-16/h1-10,13H,11-12,14-15H2. The fourth-order valence-electron chi connectivity index (χ4n) is 3.66. The molecule has 3 heterocycles. The molecule has 0 fully saturated rings. The zero-order valence-electron chi connectivity index (χ0n) is 14.8. The summed E-state index contributed by atoms with van der Waals surface area (Å²) in [5.74, 6) is 0.187. The lowest BCUT2D eigenvalue weighted by molar-refractivity contribution is 0.0922. The lowest BCUT2D eigenvalue weighted by atomic mass is 10.1. The molecule has 5 heteroatoms. The zero-order chi connectivity index (χ0) is 18.2. The number of rotatable bonds is 4. The van der Waals surface area contributed by atoms with E-state index in [1.165, 1.54) is 10.6 Å². The van der Waals surface area contributed by atoms with Crippen molar-refractivity contribution in [3.63, 3.8) is 0 Å². The average molecular weight is 373 g/mol. The molecule has 0 aliphatic carbocycles. The molecule has 27 heavy (non-hydrogen) atoms. The number of ketones is 1. The summed E-state index contributed by atoms with van der Waals surface area (Å²) < 4.78 is 2.23. The minimum Gasteiger partial charge on any atom is -0.294 e. The molecule has 0 radical (unpaired) electrons. The molecule has 134 valence electrons. The second-order valence-corrected chi connectivity index (χ2v) is 7.93. The van der Waals surface area contributed by atoms with Gasteiger partial charge in [-0.15, -0.1) is 0 Å². The Balaban J connectivity index is 1.36. The van der Waals surface area contributed by atoms with Crippen LogP contribution < -0.4 is 0 Å². The van der Waals surface area contributed by atoms with Gasteiger partial charge in [-0.05, 0) is 0 Å². The smallest absolute Gasteiger partial charge is 0.194 e. The molecule has 0 amide bonds. The van der Waals surface area contributed by atoms with Crippen LogP contribution in [0.4, 0.5) is 0 Å². The summed E-state index contributed by atoms with van der Waals surface area (Å²) in [5.41, 5.74) is 4.30. The molecule has 1 aliphatic rings. The number of imidazole rings is 1. The van der Waals surface area contributed by atoms with Crippen molar-refractivity contribution in [1.29, 1.82) is 0 Å². The first-order chi connectivity index (χ1) is 13.3. The van der Waals surface area contributed by atoms with Gasteiger partial charge in [0.25, 0.3) is 0 Å². The second kappa shape index (κ2) is 6.76. The third-order valence-electron chi connectivity index (χ3n) is 5.07. The topological polar surface area (TPSA) is 37.6 Å². The second-order valence-electron chi connectivity index (χ2n) is 6.87. The average Bonchev–Trinajstić information content (AvgIpc) is 3.27. The quantitative estimate of drug-likeness (QED) is 0.501. The maximum atomic E-state index is 12.5. The summed E-state index contributed by atoms with van der Waals surface area (Å²) in [6.07, 6.45) is 3.09. The summed E-state index contributed by atoms with van der Waals surface area (Å²) >= 11 is 1.74. The first-order valence-corrected chi connectivity index (χ1v) is 9.95. The van der Waals surface area contributed by atoms with Crippen molar-refractivity contribution in [3.05, 3.63) is 83.0 Å². The molecule has 2 aromatic heterocycles. The van der Waals surface area contributed by atoms with Gasteiger partial charge in [-0.1, -0.05) is 72.0 Å². The summed E-state index contributed by atoms with van der Waals surface area (Å²) in [7, 11) is 0. The number of carbonyl (C=O) groups excluding carboxylic acids is 1. The Labute approximate surface area is 161 Å². The molecule has 0 spiro atoms. The van der Waals surface area contributed by atoms with Gasteiger partial charge >= 0.3 is 0 Å². The molecular weight excluding hydrogens is 354 g/mol. The molecule has 0 bridgehead atoms. The first-order valence-electron chi connectivity index (χ1n) is 9.13. The molecule has 0 saturated heterocycles. The van der Waals surface area contributed by atoms with Crippen molar-refractivity contribution in [3.8, 4) is 11.3 Å². The molecule has 0 N–H and O–H groups in total. The number of benzene rings is 2. The lowest BCUT2D eigenvalue weighted by Crippen LogP contribution is -2.34. The summed E-state index contributed by atoms with van der Waals surface area (Å²) in [6, 6.07) is 19.8. The fraction of sp³-hybridized carbons (Fsp3) is 0.182. The Morgan fingerprint density at radius 2 is 1.78 bits per heavy atom. The van der Waals surface area contributed by atoms with Crippen LogP contribution >= 0.6 is 11.3 Å². The Bertz CT molecular complexity index is 1100. The highest BCUT2D eigenvalue weighted by atomic mass is 32.1. The van der Waals surface area contributed by atoms with Crippen molar-refractivity contribution in [2.24, 2.45) is 0 Å². The van der Waals surface area contributed by atoms with Crippen LogP contribution in [0, 0.1) is 0 Å². The number of Topliss-reactive ketones (excluding diaryl/α,β-unsaturated/α-hetero) is 1. The maximum absolute atomic E-state index is 12.5. The zero-order valence-corrected chi connectivity index (χ0v) is 15.7. The largest absolute Gasteiger partial charge is 0.294 e. The third-order valence-corrected chi connectivity index (χ3v) is 6.15. The summed E-state index contributed by atoms with van der Waals surface area (Å²) in [5, 5.41) is 0. The van der Waals surface area contributed by atoms with Gasteiger partial charge in [0.05, 0.1) is 12.2 Å². The van der Waals surface area contributed by atoms with E-state index in [1.54, 1.807) is 11.3 Å². The van der Waals surface area contributed by atoms with E-state index in [0.29, 0.717) is 6.54 Å². The maximum Gasteiger partial charge on any atom is 0.194 e. The monoisotopic (exact) mass is 373 g/mol. The van der Waals surface area contributed by atoms with Crippen LogP contribution in [-0.2, 0) is 13.0 Å². The van der Waals surface area contributed by atoms with Gasteiger partial charge in [-0.25, -0.2) is 4.98 Å². The number of hydrogen-bond acceptors (Lipinski definition) is 4. The van der Waals surface area contributed by atoms with Gasteiger partial charge in [0, 0.05) is 47.4 Å². The molecule has 5 rings (SSSR count). The molecule has 2 aromatic carbocycles. The number of aromatic nitrogens is 2. The SMILES string of the molecule is O=C(CN1CCc2c(sc3nc(-c4ccccc4)cn23)C1)c1ccccc1. The van der Waals surface area contributed by atoms with Gasteiger partial charge < -0.3 is 0 Å². The van der Waals surface area contributed by atoms with Crippen LogP contribution in [0.5, 0.6) is 0 Å². The number of carbonyl (C=O) groups is 1. The van der Waals surface area contributed by atoms with Crippen LogP contribution in [0.25, 0.3) is 16.2 Å². The van der Waals surface area contributed by atoms with E-state index < -0.39 is 0 Å². The number of thiazole rings is 1. The van der Waals surface area contributed by atoms with Crippen molar-refractivity contribution < 1.29 is 4.79 Å². The number of hydrogen-bond donors (Lipinski definition) is 0. The van der Waals surface area contributed by atoms with Gasteiger partial charge in [0.2, 0.25) is 0 Å². The van der Waals surface area contributed by atoms with E-state index in [2.05, 4.69) is 27.6 Å². The van der Waals surface area contributed by atoms with Crippen LogP contribution in [0.2, 0.25) is 0 Å². The van der Waals surface area contributed by atoms with Crippen molar-refractivity contribution in [1.82, 2.24) is 14.3 Å². The highest BCUT2D eigenvalue weighted by Crippen LogP contribution is 2.31. The number of fused-ring (bicyclic) bond motifs is 3. The Morgan fingerprint density at radius 1 is 1.04 bits per heavy atom. The summed E-state index contributed by atoms with van der Waals surface area (Å²) in [6.45, 7) is 2.19. The third kappa shape index (κ3) is 3.09. The van der Waals surface area contributed by atoms with E-state index in [0.717, 1.165) is 41.3 Å². The minimum absolute atomic E-state index is 0.187. The predicted octanol–water partition coefficient (Wildman–Crippen LogP) is 4.30. The van der Waals surface area contributed by atoms with E-state index in [-0.39, 0.29) is 5.78 Å². The number of nitrogens with zero attached hydrogens (tertiary/aromatic N) is 3. The van der Waals surface area contributed by atoms with Crippen LogP contribution in [-0.4, -0.2) is 33.2 Å². The summed E-state index contributed by atoms with van der Waals surface area (Å²) in [4.78, 5) is 21.9. The lowest BCUT2D eigenvalue weighted by Gasteiger charge is -2.25. The van der Waals surface area contributed by atoms with Gasteiger partial charge in [0.1, 0.15) is 0 Å². The van der Waals surface area contributed by atoms with Crippen molar-refractivity contribution in [2.45, 2.75) is 13.0 Å². The molecule has 4 nitrogen and oxygen atoms in total. The molecule has 4 aromatic rings. The van der Waals surface area contributed by atoms with Crippen LogP contribution in [0.15, 0.2) is 66.9 Å². The Kier molecular flexibility index (Phi) is 4.11. The minimum atomic E-state index is 0.187. The predicted molar refractivity (Wildman–Crippen MR) is 108 cm³/mol. The molecule has 0 saturated carbocycles. The van der Waals surface area contributed by atoms with Crippen LogP contribution in [0.1, 0.15) is 20.9 Å². The normalized spacial score (nSPS) is 14.4. The highest BCUT2D eigenvalue weighted by Gasteiger charge is 2.24.